The Morgan fingerprint density at radius 1 is 0.207 bits per heavy atom. The van der Waals surface area contributed by atoms with Crippen LogP contribution in [0.1, 0.15) is 445 Å². The highest BCUT2D eigenvalue weighted by Gasteiger charge is 2.19. The lowest BCUT2D eigenvalue weighted by Gasteiger charge is -2.09. The van der Waals surface area contributed by atoms with Crippen molar-refractivity contribution < 1.29 is 54.3 Å². The van der Waals surface area contributed by atoms with Crippen LogP contribution in [0.4, 0.5) is 0 Å². The molecule has 0 spiro atoms. The number of aliphatic carboxylic acids is 5. The van der Waals surface area contributed by atoms with E-state index in [0.29, 0.717) is 38.5 Å². The highest BCUT2D eigenvalue weighted by Crippen LogP contribution is 2.19. The average Bonchev–Trinajstić information content (AvgIpc) is 3.55. The first-order chi connectivity index (χ1) is 42.3. The van der Waals surface area contributed by atoms with Crippen molar-refractivity contribution in [3.63, 3.8) is 0 Å². The van der Waals surface area contributed by atoms with Gasteiger partial charge >= 0.3 is 29.8 Å². The van der Waals surface area contributed by atoms with Crippen molar-refractivity contribution in [3.8, 4) is 0 Å². The summed E-state index contributed by atoms with van der Waals surface area (Å²) in [6.45, 7) is 8.75. The van der Waals surface area contributed by atoms with Gasteiger partial charge in [-0.1, -0.05) is 368 Å². The summed E-state index contributed by atoms with van der Waals surface area (Å²) in [6.07, 6.45) is 76.5. The van der Waals surface area contributed by atoms with Crippen molar-refractivity contribution in [2.75, 3.05) is 0 Å². The molecule has 1 unspecified atom stereocenters. The molecule has 0 fully saturated rings. The number of carboxylic acid groups (broad SMARTS) is 5. The molecule has 0 aliphatic heterocycles. The Labute approximate surface area is 538 Å². The molecule has 1 atom stereocenters. The van der Waals surface area contributed by atoms with Gasteiger partial charge in [-0.3, -0.25) is 28.8 Å². The molecule has 0 aliphatic carbocycles. The first-order valence-corrected chi connectivity index (χ1v) is 37.9. The molecule has 0 saturated heterocycles. The zero-order valence-corrected chi connectivity index (χ0v) is 58.2. The van der Waals surface area contributed by atoms with Crippen LogP contribution in [-0.4, -0.2) is 61.2 Å². The Morgan fingerprint density at radius 3 is 0.494 bits per heavy atom. The molecule has 0 heterocycles. The third-order valence-corrected chi connectivity index (χ3v) is 17.0. The zero-order valence-electron chi connectivity index (χ0n) is 58.2. The predicted octanol–water partition coefficient (Wildman–Crippen LogP) is 25.0. The van der Waals surface area contributed by atoms with E-state index in [9.17, 15) is 28.8 Å². The van der Waals surface area contributed by atoms with Crippen LogP contribution in [0.15, 0.2) is 0 Å². The van der Waals surface area contributed by atoms with Crippen LogP contribution in [0.3, 0.4) is 0 Å². The third-order valence-electron chi connectivity index (χ3n) is 17.0. The number of carboxylic acids is 5. The van der Waals surface area contributed by atoms with Gasteiger partial charge in [-0.05, 0) is 38.5 Å². The lowest BCUT2D eigenvalue weighted by Crippen LogP contribution is -2.17. The van der Waals surface area contributed by atoms with Crippen molar-refractivity contribution in [2.45, 2.75) is 445 Å². The van der Waals surface area contributed by atoms with E-state index in [-0.39, 0.29) is 12.2 Å². The molecular weight excluding hydrogens is 1090 g/mol. The number of hydrogen-bond acceptors (Lipinski definition) is 6. The van der Waals surface area contributed by atoms with E-state index < -0.39 is 35.8 Å². The fourth-order valence-electron chi connectivity index (χ4n) is 11.3. The van der Waals surface area contributed by atoms with Crippen molar-refractivity contribution in [3.05, 3.63) is 0 Å². The van der Waals surface area contributed by atoms with Gasteiger partial charge in [-0.2, -0.15) is 0 Å². The second-order valence-electron chi connectivity index (χ2n) is 26.0. The van der Waals surface area contributed by atoms with E-state index in [1.807, 2.05) is 6.92 Å². The minimum atomic E-state index is -0.842. The SMILES string of the molecule is CCCC(CC(=O)CCCCCCCCCCCCCCC(=O)O)C(=O)O.CCCCCCCCCCCCCCCC(=O)O.CCCCCCCCCCCCCCCCCC(=O)O.CCCCCCCCCCCCCCCCCCCC(=O)O. The summed E-state index contributed by atoms with van der Waals surface area (Å²) in [4.78, 5) is 64.3. The smallest absolute Gasteiger partial charge is 0.306 e. The molecule has 0 aromatic rings. The standard InChI is InChI=1S/C22H40O5.C20H40O2.C18H36O2.C16H32O2/c1-2-15-19(22(26)27)18-20(23)16-13-11-9-7-5-3-4-6-8-10-12-14-17-21(24)25;1-2-3-4-5-6-7-8-9-10-11-12-13-14-15-16-17-18-19-20(21)22;1-2-3-4-5-6-7-8-9-10-11-12-13-14-15-16-17-18(19)20;1-2-3-4-5-6-7-8-9-10-11-12-13-14-15-16(17)18/h19H,2-18H2,1H3,(H,24,25)(H,26,27);2-19H2,1H3,(H,21,22);2-17H2,1H3,(H,19,20);2-15H2,1H3,(H,17,18). The molecule has 0 bridgehead atoms. The van der Waals surface area contributed by atoms with Gasteiger partial charge in [0.15, 0.2) is 0 Å². The Kier molecular flexibility index (Phi) is 84.2. The summed E-state index contributed by atoms with van der Waals surface area (Å²) in [5.41, 5.74) is 0. The zero-order chi connectivity index (χ0) is 65.0. The second-order valence-corrected chi connectivity index (χ2v) is 26.0. The summed E-state index contributed by atoms with van der Waals surface area (Å²) in [5.74, 6) is -3.90. The number of rotatable bonds is 68. The number of ketones is 1. The number of carbonyl (C=O) groups is 6. The molecule has 0 aromatic carbocycles. The second kappa shape index (κ2) is 81.0. The Hall–Kier alpha value is -2.98. The minimum absolute atomic E-state index is 0.0965. The van der Waals surface area contributed by atoms with E-state index in [1.165, 1.54) is 289 Å². The monoisotopic (exact) mass is 1240 g/mol. The van der Waals surface area contributed by atoms with Gasteiger partial charge < -0.3 is 25.5 Å². The van der Waals surface area contributed by atoms with Gasteiger partial charge in [-0.25, -0.2) is 0 Å². The Morgan fingerprint density at radius 2 is 0.356 bits per heavy atom. The molecule has 518 valence electrons. The lowest BCUT2D eigenvalue weighted by molar-refractivity contribution is -0.144. The molecule has 0 aromatic heterocycles. The topological polar surface area (TPSA) is 204 Å². The molecule has 0 amide bonds. The fourth-order valence-corrected chi connectivity index (χ4v) is 11.3. The highest BCUT2D eigenvalue weighted by molar-refractivity contribution is 5.83. The minimum Gasteiger partial charge on any atom is -0.481 e. The van der Waals surface area contributed by atoms with Crippen LogP contribution in [0.5, 0.6) is 0 Å². The van der Waals surface area contributed by atoms with Crippen molar-refractivity contribution in [1.82, 2.24) is 0 Å². The van der Waals surface area contributed by atoms with Gasteiger partial charge in [-0.15, -0.1) is 0 Å². The van der Waals surface area contributed by atoms with E-state index in [4.69, 9.17) is 25.5 Å². The van der Waals surface area contributed by atoms with Crippen LogP contribution in [0.2, 0.25) is 0 Å². The number of unbranched alkanes of at least 4 members (excludes halogenated alkanes) is 53. The van der Waals surface area contributed by atoms with Gasteiger partial charge in [0.25, 0.3) is 0 Å². The number of Topliss-reactive ketones (excluding diaryl/α,β-unsaturated/α-hetero) is 1. The molecule has 0 radical (unpaired) electrons. The largest absolute Gasteiger partial charge is 0.481 e. The van der Waals surface area contributed by atoms with Crippen molar-refractivity contribution in [1.29, 1.82) is 0 Å². The number of carbonyl (C=O) groups excluding carboxylic acids is 1. The van der Waals surface area contributed by atoms with Crippen molar-refractivity contribution >= 4 is 35.6 Å². The maximum atomic E-state index is 11.9. The van der Waals surface area contributed by atoms with Gasteiger partial charge in [0, 0.05) is 38.5 Å². The summed E-state index contributed by atoms with van der Waals surface area (Å²) in [5, 5.41) is 43.2. The summed E-state index contributed by atoms with van der Waals surface area (Å²) in [7, 11) is 0. The molecule has 0 rings (SSSR count). The maximum Gasteiger partial charge on any atom is 0.306 e. The predicted molar refractivity (Wildman–Crippen MR) is 369 cm³/mol. The normalized spacial score (nSPS) is 11.2. The maximum absolute atomic E-state index is 11.9. The van der Waals surface area contributed by atoms with E-state index in [1.54, 1.807) is 0 Å². The molecule has 0 saturated carbocycles. The van der Waals surface area contributed by atoms with E-state index in [0.717, 1.165) is 83.5 Å². The first kappa shape index (κ1) is 90.4. The number of hydrogen-bond donors (Lipinski definition) is 5. The molecule has 11 nitrogen and oxygen atoms in total. The highest BCUT2D eigenvalue weighted by atomic mass is 16.4. The van der Waals surface area contributed by atoms with Gasteiger partial charge in [0.1, 0.15) is 5.78 Å². The third kappa shape index (κ3) is 94.3. The molecule has 5 N–H and O–H groups in total. The van der Waals surface area contributed by atoms with E-state index >= 15 is 0 Å². The summed E-state index contributed by atoms with van der Waals surface area (Å²) >= 11 is 0. The fraction of sp³-hybridized carbons (Fsp3) is 0.921. The van der Waals surface area contributed by atoms with Crippen LogP contribution >= 0.6 is 0 Å². The summed E-state index contributed by atoms with van der Waals surface area (Å²) in [6, 6.07) is 0. The Bertz CT molecular complexity index is 1420. The quantitative estimate of drug-likeness (QED) is 0.0363. The average molecular weight is 1240 g/mol. The molecule has 11 heteroatoms. The molecular formula is C76H148O11. The van der Waals surface area contributed by atoms with Crippen LogP contribution in [0, 0.1) is 5.92 Å². The van der Waals surface area contributed by atoms with Crippen molar-refractivity contribution in [2.24, 2.45) is 5.92 Å². The van der Waals surface area contributed by atoms with Gasteiger partial charge in [0.05, 0.1) is 5.92 Å². The molecule has 87 heavy (non-hydrogen) atoms. The van der Waals surface area contributed by atoms with Crippen LogP contribution in [0.25, 0.3) is 0 Å². The van der Waals surface area contributed by atoms with Crippen LogP contribution < -0.4 is 0 Å². The van der Waals surface area contributed by atoms with Crippen LogP contribution in [-0.2, 0) is 28.8 Å². The van der Waals surface area contributed by atoms with E-state index in [2.05, 4.69) is 20.8 Å². The Balaban J connectivity index is -0.000000534. The first-order valence-electron chi connectivity index (χ1n) is 37.9. The molecule has 0 aliphatic rings. The van der Waals surface area contributed by atoms with Gasteiger partial charge in [0.2, 0.25) is 0 Å². The summed E-state index contributed by atoms with van der Waals surface area (Å²) < 4.78 is 0. The lowest BCUT2D eigenvalue weighted by atomic mass is 9.95.